The van der Waals surface area contributed by atoms with Crippen LogP contribution in [0.25, 0.3) is 0 Å². The van der Waals surface area contributed by atoms with E-state index in [2.05, 4.69) is 30.5 Å². The largest absolute Gasteiger partial charge is 0.352 e. The van der Waals surface area contributed by atoms with E-state index in [-0.39, 0.29) is 5.69 Å². The molecule has 140 valence electrons. The Labute approximate surface area is 159 Å². The number of halogens is 3. The summed E-state index contributed by atoms with van der Waals surface area (Å²) in [4.78, 5) is 7.67. The Morgan fingerprint density at radius 1 is 1.27 bits per heavy atom. The average molecular weight is 447 g/mol. The first kappa shape index (κ1) is 19.0. The number of nitrogens with one attached hydrogen (secondary N) is 1. The van der Waals surface area contributed by atoms with Gasteiger partial charge in [0, 0.05) is 35.9 Å². The third-order valence-corrected chi connectivity index (χ3v) is 5.99. The van der Waals surface area contributed by atoms with Gasteiger partial charge in [0.05, 0.1) is 5.69 Å². The zero-order valence-electron chi connectivity index (χ0n) is 14.1. The molecule has 1 saturated heterocycles. The highest BCUT2D eigenvalue weighted by Gasteiger charge is 2.32. The van der Waals surface area contributed by atoms with Gasteiger partial charge in [0.15, 0.2) is 5.82 Å². The third-order valence-electron chi connectivity index (χ3n) is 4.15. The summed E-state index contributed by atoms with van der Waals surface area (Å²) in [6, 6.07) is 4.23. The van der Waals surface area contributed by atoms with Crippen LogP contribution in [0.15, 0.2) is 39.8 Å². The number of benzene rings is 1. The van der Waals surface area contributed by atoms with Gasteiger partial charge in [-0.25, -0.2) is 22.2 Å². The third kappa shape index (κ3) is 3.81. The van der Waals surface area contributed by atoms with Crippen LogP contribution < -0.4 is 9.62 Å². The van der Waals surface area contributed by atoms with Crippen LogP contribution in [0.3, 0.4) is 0 Å². The summed E-state index contributed by atoms with van der Waals surface area (Å²) in [7, 11) is -0.297. The number of likely N-dealkylation sites (N-methyl/N-ethyl adjacent to an activating group) is 1. The number of pyridine rings is 1. The Morgan fingerprint density at radius 2 is 1.96 bits per heavy atom. The monoisotopic (exact) mass is 446 g/mol. The second kappa shape index (κ2) is 7.09. The average Bonchev–Trinajstić information content (AvgIpc) is 2.46. The van der Waals surface area contributed by atoms with Crippen LogP contribution in [-0.2, 0) is 10.0 Å². The maximum atomic E-state index is 13.9. The predicted molar refractivity (Wildman–Crippen MR) is 98.8 cm³/mol. The van der Waals surface area contributed by atoms with Crippen LogP contribution in [0.1, 0.15) is 0 Å². The highest BCUT2D eigenvalue weighted by Crippen LogP contribution is 2.32. The topological polar surface area (TPSA) is 65.5 Å². The van der Waals surface area contributed by atoms with Crippen LogP contribution in [0.4, 0.5) is 20.3 Å². The number of aromatic nitrogens is 1. The molecule has 0 bridgehead atoms. The Morgan fingerprint density at radius 3 is 2.58 bits per heavy atom. The van der Waals surface area contributed by atoms with E-state index in [4.69, 9.17) is 0 Å². The van der Waals surface area contributed by atoms with Crippen molar-refractivity contribution in [2.45, 2.75) is 10.9 Å². The molecular weight excluding hydrogens is 430 g/mol. The van der Waals surface area contributed by atoms with E-state index < -0.39 is 26.6 Å². The quantitative estimate of drug-likeness (QED) is 0.764. The molecule has 2 heterocycles. The van der Waals surface area contributed by atoms with Gasteiger partial charge >= 0.3 is 0 Å². The van der Waals surface area contributed by atoms with E-state index in [1.807, 2.05) is 19.0 Å². The van der Waals surface area contributed by atoms with E-state index in [1.54, 1.807) is 12.3 Å². The molecule has 0 unspecified atom stereocenters. The molecule has 0 saturated carbocycles. The summed E-state index contributed by atoms with van der Waals surface area (Å²) in [5.41, 5.74) is 0.223. The van der Waals surface area contributed by atoms with Crippen molar-refractivity contribution in [1.29, 1.82) is 0 Å². The van der Waals surface area contributed by atoms with Gasteiger partial charge in [0.1, 0.15) is 16.5 Å². The van der Waals surface area contributed by atoms with Gasteiger partial charge < -0.3 is 9.80 Å². The molecule has 0 aliphatic carbocycles. The van der Waals surface area contributed by atoms with Crippen LogP contribution in [0, 0.1) is 11.6 Å². The second-order valence-electron chi connectivity index (χ2n) is 6.23. The van der Waals surface area contributed by atoms with E-state index in [1.165, 1.54) is 0 Å². The van der Waals surface area contributed by atoms with Gasteiger partial charge in [-0.3, -0.25) is 4.72 Å². The molecule has 6 nitrogen and oxygen atoms in total. The molecule has 1 aromatic carbocycles. The smallest absolute Gasteiger partial charge is 0.264 e. The molecule has 1 N–H and O–H groups in total. The molecule has 0 spiro atoms. The van der Waals surface area contributed by atoms with E-state index in [9.17, 15) is 17.2 Å². The molecule has 3 rings (SSSR count). The fourth-order valence-corrected chi connectivity index (χ4v) is 4.05. The predicted octanol–water partition coefficient (Wildman–Crippen LogP) is 2.67. The Kier molecular flexibility index (Phi) is 5.18. The van der Waals surface area contributed by atoms with E-state index >= 15 is 0 Å². The van der Waals surface area contributed by atoms with Crippen molar-refractivity contribution >= 4 is 37.5 Å². The zero-order valence-corrected chi connectivity index (χ0v) is 16.5. The summed E-state index contributed by atoms with van der Waals surface area (Å²) in [5.74, 6) is -1.54. The molecule has 0 amide bonds. The van der Waals surface area contributed by atoms with Crippen molar-refractivity contribution in [2.75, 3.05) is 36.8 Å². The minimum Gasteiger partial charge on any atom is -0.352 e. The summed E-state index contributed by atoms with van der Waals surface area (Å²) in [6.07, 6.45) is 1.56. The van der Waals surface area contributed by atoms with Gasteiger partial charge in [-0.05, 0) is 48.2 Å². The number of sulfonamides is 1. The summed E-state index contributed by atoms with van der Waals surface area (Å²) < 4.78 is 55.0. The maximum absolute atomic E-state index is 13.9. The normalized spacial score (nSPS) is 15.2. The lowest BCUT2D eigenvalue weighted by molar-refractivity contribution is 0.246. The van der Waals surface area contributed by atoms with Crippen molar-refractivity contribution in [1.82, 2.24) is 9.88 Å². The first-order valence-electron chi connectivity index (χ1n) is 7.72. The summed E-state index contributed by atoms with van der Waals surface area (Å²) in [6.45, 7) is 1.39. The Hall–Kier alpha value is -1.78. The molecular formula is C16H17BrF2N4O2S. The molecule has 2 aromatic rings. The van der Waals surface area contributed by atoms with Crippen molar-refractivity contribution < 1.29 is 17.2 Å². The van der Waals surface area contributed by atoms with E-state index in [0.29, 0.717) is 35.5 Å². The SMILES string of the molecule is CN(C)C1CN(c2ncc(Br)cc2NS(=O)(=O)c2ccc(F)cc2F)C1. The minimum absolute atomic E-state index is 0.223. The number of anilines is 2. The van der Waals surface area contributed by atoms with Gasteiger partial charge in [0.25, 0.3) is 10.0 Å². The van der Waals surface area contributed by atoms with Crippen LogP contribution in [0.5, 0.6) is 0 Å². The van der Waals surface area contributed by atoms with Crippen molar-refractivity contribution in [3.8, 4) is 0 Å². The van der Waals surface area contributed by atoms with Gasteiger partial charge in [-0.2, -0.15) is 0 Å². The lowest BCUT2D eigenvalue weighted by Crippen LogP contribution is -2.57. The maximum Gasteiger partial charge on any atom is 0.264 e. The molecule has 26 heavy (non-hydrogen) atoms. The first-order chi connectivity index (χ1) is 12.2. The zero-order chi connectivity index (χ0) is 19.1. The number of hydrogen-bond acceptors (Lipinski definition) is 5. The second-order valence-corrected chi connectivity index (χ2v) is 8.79. The standard InChI is InChI=1S/C16H17BrF2N4O2S/c1-22(2)12-8-23(9-12)16-14(5-10(17)7-20-16)21-26(24,25)15-4-3-11(18)6-13(15)19/h3-7,12,21H,8-9H2,1-2H3. The minimum atomic E-state index is -4.24. The molecule has 0 radical (unpaired) electrons. The number of hydrogen-bond donors (Lipinski definition) is 1. The number of nitrogens with zero attached hydrogens (tertiary/aromatic N) is 3. The fraction of sp³-hybridized carbons (Fsp3) is 0.312. The van der Waals surface area contributed by atoms with Gasteiger partial charge in [-0.1, -0.05) is 0 Å². The number of rotatable bonds is 5. The van der Waals surface area contributed by atoms with Crippen molar-refractivity contribution in [3.05, 3.63) is 46.6 Å². The Bertz CT molecular complexity index is 934. The molecule has 1 aliphatic heterocycles. The lowest BCUT2D eigenvalue weighted by Gasteiger charge is -2.44. The van der Waals surface area contributed by atoms with Gasteiger partial charge in [0.2, 0.25) is 0 Å². The Balaban J connectivity index is 1.91. The van der Waals surface area contributed by atoms with E-state index in [0.717, 1.165) is 12.1 Å². The van der Waals surface area contributed by atoms with Crippen LogP contribution in [0.2, 0.25) is 0 Å². The summed E-state index contributed by atoms with van der Waals surface area (Å²) in [5, 5.41) is 0. The molecule has 1 aliphatic rings. The molecule has 1 aromatic heterocycles. The van der Waals surface area contributed by atoms with Crippen molar-refractivity contribution in [2.24, 2.45) is 0 Å². The highest BCUT2D eigenvalue weighted by molar-refractivity contribution is 9.10. The lowest BCUT2D eigenvalue weighted by atomic mass is 10.1. The molecule has 1 fully saturated rings. The summed E-state index contributed by atoms with van der Waals surface area (Å²) >= 11 is 3.26. The molecule has 0 atom stereocenters. The van der Waals surface area contributed by atoms with Gasteiger partial charge in [-0.15, -0.1) is 0 Å². The highest BCUT2D eigenvalue weighted by atomic mass is 79.9. The van der Waals surface area contributed by atoms with Crippen LogP contribution >= 0.6 is 15.9 Å². The van der Waals surface area contributed by atoms with Crippen molar-refractivity contribution in [3.63, 3.8) is 0 Å². The van der Waals surface area contributed by atoms with Crippen LogP contribution in [-0.4, -0.2) is 51.5 Å². The molecule has 10 heteroatoms. The first-order valence-corrected chi connectivity index (χ1v) is 10.00. The fourth-order valence-electron chi connectivity index (χ4n) is 2.61.